The van der Waals surface area contributed by atoms with Crippen LogP contribution in [-0.2, 0) is 16.1 Å². The second-order valence-electron chi connectivity index (χ2n) is 8.73. The SMILES string of the molecule is O=C(CO)N1CCC(C(=O)N(Cc2cn3ccc(-c4nnc(C(F)F)o4)cc3n2)c2ccccc2)CC1. The Morgan fingerprint density at radius 3 is 2.57 bits per heavy atom. The van der Waals surface area contributed by atoms with Crippen LogP contribution in [0, 0.1) is 5.92 Å². The van der Waals surface area contributed by atoms with E-state index in [0.29, 0.717) is 42.8 Å². The summed E-state index contributed by atoms with van der Waals surface area (Å²) >= 11 is 0. The van der Waals surface area contributed by atoms with Gasteiger partial charge in [-0.15, -0.1) is 10.2 Å². The molecule has 0 aliphatic carbocycles. The molecule has 4 heterocycles. The molecule has 1 aliphatic rings. The molecule has 2 amide bonds. The number of hydrogen-bond acceptors (Lipinski definition) is 7. The molecule has 0 unspecified atom stereocenters. The number of carbonyl (C=O) groups is 2. The Labute approximate surface area is 210 Å². The van der Waals surface area contributed by atoms with Crippen LogP contribution < -0.4 is 4.90 Å². The number of imidazole rings is 1. The molecule has 37 heavy (non-hydrogen) atoms. The molecule has 1 saturated heterocycles. The fraction of sp³-hybridized carbons (Fsp3) is 0.320. The highest BCUT2D eigenvalue weighted by Gasteiger charge is 2.31. The summed E-state index contributed by atoms with van der Waals surface area (Å²) in [6.45, 7) is 0.507. The quantitative estimate of drug-likeness (QED) is 0.406. The molecular weight excluding hydrogens is 486 g/mol. The second-order valence-corrected chi connectivity index (χ2v) is 8.73. The minimum absolute atomic E-state index is 0.0329. The van der Waals surface area contributed by atoms with E-state index in [-0.39, 0.29) is 30.2 Å². The number of benzene rings is 1. The van der Waals surface area contributed by atoms with Crippen LogP contribution in [0.1, 0.15) is 30.9 Å². The molecule has 0 spiro atoms. The summed E-state index contributed by atoms with van der Waals surface area (Å²) in [5, 5.41) is 16.2. The highest BCUT2D eigenvalue weighted by atomic mass is 19.3. The maximum absolute atomic E-state index is 13.6. The first kappa shape index (κ1) is 24.5. The van der Waals surface area contributed by atoms with Crippen molar-refractivity contribution in [2.75, 3.05) is 24.6 Å². The van der Waals surface area contributed by atoms with Gasteiger partial charge in [-0.1, -0.05) is 18.2 Å². The largest absolute Gasteiger partial charge is 0.415 e. The van der Waals surface area contributed by atoms with Crippen LogP contribution in [0.15, 0.2) is 59.3 Å². The number of hydrogen-bond donors (Lipinski definition) is 1. The van der Waals surface area contributed by atoms with Crippen LogP contribution in [0.3, 0.4) is 0 Å². The topological polar surface area (TPSA) is 117 Å². The molecule has 4 aromatic rings. The van der Waals surface area contributed by atoms with Gasteiger partial charge in [-0.2, -0.15) is 8.78 Å². The van der Waals surface area contributed by atoms with E-state index in [4.69, 9.17) is 9.52 Å². The number of para-hydroxylation sites is 1. The Kier molecular flexibility index (Phi) is 6.91. The molecule has 0 atom stereocenters. The number of halogens is 2. The number of anilines is 1. The zero-order chi connectivity index (χ0) is 25.9. The minimum Gasteiger partial charge on any atom is -0.415 e. The molecule has 5 rings (SSSR count). The number of carbonyl (C=O) groups excluding carboxylic acids is 2. The van der Waals surface area contributed by atoms with Crippen molar-refractivity contribution in [3.05, 3.63) is 66.4 Å². The zero-order valence-corrected chi connectivity index (χ0v) is 19.7. The average molecular weight is 511 g/mol. The van der Waals surface area contributed by atoms with Crippen molar-refractivity contribution in [1.29, 1.82) is 0 Å². The second kappa shape index (κ2) is 10.4. The Hall–Kier alpha value is -4.19. The van der Waals surface area contributed by atoms with Gasteiger partial charge in [0.05, 0.1) is 12.2 Å². The van der Waals surface area contributed by atoms with Gasteiger partial charge in [0.1, 0.15) is 12.3 Å². The van der Waals surface area contributed by atoms with Crippen molar-refractivity contribution in [3.63, 3.8) is 0 Å². The normalized spacial score (nSPS) is 14.4. The van der Waals surface area contributed by atoms with Gasteiger partial charge < -0.3 is 23.7 Å². The Balaban J connectivity index is 1.37. The highest BCUT2D eigenvalue weighted by molar-refractivity contribution is 5.95. The van der Waals surface area contributed by atoms with Crippen LogP contribution in [0.2, 0.25) is 0 Å². The molecule has 1 aromatic carbocycles. The number of likely N-dealkylation sites (tertiary alicyclic amines) is 1. The third kappa shape index (κ3) is 5.19. The van der Waals surface area contributed by atoms with E-state index >= 15 is 0 Å². The molecule has 0 bridgehead atoms. The number of alkyl halides is 2. The first-order valence-electron chi connectivity index (χ1n) is 11.8. The lowest BCUT2D eigenvalue weighted by Crippen LogP contribution is -2.45. The molecule has 1 aliphatic heterocycles. The molecule has 1 N–H and O–H groups in total. The number of aliphatic hydroxyl groups is 1. The summed E-state index contributed by atoms with van der Waals surface area (Å²) < 4.78 is 32.4. The first-order valence-corrected chi connectivity index (χ1v) is 11.8. The Bertz CT molecular complexity index is 1400. The predicted octanol–water partition coefficient (Wildman–Crippen LogP) is 3.09. The van der Waals surface area contributed by atoms with Gasteiger partial charge in [-0.3, -0.25) is 9.59 Å². The molecule has 12 heteroatoms. The van der Waals surface area contributed by atoms with E-state index in [1.165, 1.54) is 0 Å². The number of fused-ring (bicyclic) bond motifs is 1. The van der Waals surface area contributed by atoms with E-state index < -0.39 is 18.9 Å². The molecule has 3 aromatic heterocycles. The highest BCUT2D eigenvalue weighted by Crippen LogP contribution is 2.27. The lowest BCUT2D eigenvalue weighted by Gasteiger charge is -2.34. The van der Waals surface area contributed by atoms with Crippen LogP contribution in [0.25, 0.3) is 17.1 Å². The molecule has 0 saturated carbocycles. The third-order valence-electron chi connectivity index (χ3n) is 6.37. The van der Waals surface area contributed by atoms with E-state index in [9.17, 15) is 18.4 Å². The average Bonchev–Trinajstić information content (AvgIpc) is 3.58. The number of aliphatic hydroxyl groups excluding tert-OH is 1. The maximum Gasteiger partial charge on any atom is 0.314 e. The fourth-order valence-electron chi connectivity index (χ4n) is 4.45. The molecule has 192 valence electrons. The Morgan fingerprint density at radius 2 is 1.89 bits per heavy atom. The van der Waals surface area contributed by atoms with Crippen molar-refractivity contribution in [2.24, 2.45) is 5.92 Å². The fourth-order valence-corrected chi connectivity index (χ4v) is 4.45. The number of aromatic nitrogens is 4. The van der Waals surface area contributed by atoms with E-state index in [2.05, 4.69) is 15.2 Å². The summed E-state index contributed by atoms with van der Waals surface area (Å²) in [7, 11) is 0. The van der Waals surface area contributed by atoms with Crippen LogP contribution in [-0.4, -0.2) is 61.1 Å². The van der Waals surface area contributed by atoms with Crippen molar-refractivity contribution in [3.8, 4) is 11.5 Å². The van der Waals surface area contributed by atoms with Crippen molar-refractivity contribution >= 4 is 23.1 Å². The first-order chi connectivity index (χ1) is 17.9. The minimum atomic E-state index is -2.85. The van der Waals surface area contributed by atoms with E-state index in [0.717, 1.165) is 5.69 Å². The van der Waals surface area contributed by atoms with Crippen molar-refractivity contribution in [2.45, 2.75) is 25.8 Å². The zero-order valence-electron chi connectivity index (χ0n) is 19.7. The number of piperidine rings is 1. The van der Waals surface area contributed by atoms with E-state index in [1.807, 2.05) is 30.3 Å². The van der Waals surface area contributed by atoms with Crippen LogP contribution >= 0.6 is 0 Å². The lowest BCUT2D eigenvalue weighted by atomic mass is 9.94. The van der Waals surface area contributed by atoms with Gasteiger partial charge in [-0.25, -0.2) is 4.98 Å². The molecule has 0 radical (unpaired) electrons. The summed E-state index contributed by atoms with van der Waals surface area (Å²) in [5.41, 5.74) is 2.33. The predicted molar refractivity (Wildman–Crippen MR) is 127 cm³/mol. The van der Waals surface area contributed by atoms with Gasteiger partial charge >= 0.3 is 6.43 Å². The number of amides is 2. The van der Waals surface area contributed by atoms with Gasteiger partial charge in [0, 0.05) is 42.7 Å². The number of nitrogens with zero attached hydrogens (tertiary/aromatic N) is 6. The van der Waals surface area contributed by atoms with Gasteiger partial charge in [-0.05, 0) is 37.1 Å². The lowest BCUT2D eigenvalue weighted by molar-refractivity contribution is -0.137. The maximum atomic E-state index is 13.6. The molecular formula is C25H24F2N6O4. The number of rotatable bonds is 7. The smallest absolute Gasteiger partial charge is 0.314 e. The van der Waals surface area contributed by atoms with Gasteiger partial charge in [0.2, 0.25) is 17.7 Å². The molecule has 1 fully saturated rings. The van der Waals surface area contributed by atoms with Crippen LogP contribution in [0.4, 0.5) is 14.5 Å². The van der Waals surface area contributed by atoms with Gasteiger partial charge in [0.15, 0.2) is 0 Å². The summed E-state index contributed by atoms with van der Waals surface area (Å²) in [5.74, 6) is -1.45. The number of pyridine rings is 1. The standard InChI is InChI=1S/C25H24F2N6O4/c26-22(27)24-30-29-23(37-24)17-8-11-32-13-18(28-20(32)12-17)14-33(19-4-2-1-3-5-19)25(36)16-6-9-31(10-7-16)21(35)15-34/h1-5,8,11-13,16,22,34H,6-7,9-10,14-15H2. The summed E-state index contributed by atoms with van der Waals surface area (Å²) in [6.07, 6.45) is 1.66. The van der Waals surface area contributed by atoms with Crippen molar-refractivity contribution in [1.82, 2.24) is 24.5 Å². The third-order valence-corrected chi connectivity index (χ3v) is 6.37. The summed E-state index contributed by atoms with van der Waals surface area (Å²) in [6, 6.07) is 12.6. The van der Waals surface area contributed by atoms with Crippen molar-refractivity contribution < 1.29 is 27.9 Å². The summed E-state index contributed by atoms with van der Waals surface area (Å²) in [4.78, 5) is 33.3. The van der Waals surface area contributed by atoms with E-state index in [1.54, 1.807) is 38.7 Å². The van der Waals surface area contributed by atoms with Gasteiger partial charge in [0.25, 0.3) is 5.89 Å². The monoisotopic (exact) mass is 510 g/mol. The molecule has 10 nitrogen and oxygen atoms in total. The van der Waals surface area contributed by atoms with Crippen LogP contribution in [0.5, 0.6) is 0 Å². The Morgan fingerprint density at radius 1 is 1.14 bits per heavy atom.